The highest BCUT2D eigenvalue weighted by molar-refractivity contribution is 7.90. The second kappa shape index (κ2) is 31.6. The molecule has 0 aromatic heterocycles. The molecule has 2 aliphatic heterocycles. The summed E-state index contributed by atoms with van der Waals surface area (Å²) in [6.45, 7) is 6.12. The Labute approximate surface area is 349 Å². The van der Waals surface area contributed by atoms with Crippen LogP contribution in [0, 0.1) is 5.92 Å². The smallest absolute Gasteiger partial charge is 0.333 e. The number of hydrogen-bond acceptors (Lipinski definition) is 21. The maximum absolute atomic E-state index is 13.4. The van der Waals surface area contributed by atoms with Crippen LogP contribution >= 0.6 is 24.6 Å². The molecule has 2 heterocycles. The maximum Gasteiger partial charge on any atom is 0.333 e. The van der Waals surface area contributed by atoms with Gasteiger partial charge in [-0.15, -0.1) is 8.67 Å². The zero-order valence-electron chi connectivity index (χ0n) is 34.0. The number of carbonyl (C=O) groups excluding carboxylic acids is 2. The molecular formula is C37H66O19S2. The van der Waals surface area contributed by atoms with Crippen molar-refractivity contribution in [3.8, 4) is 0 Å². The highest BCUT2D eigenvalue weighted by atomic mass is 32.2. The van der Waals surface area contributed by atoms with E-state index in [4.69, 9.17) is 42.6 Å². The molecule has 0 saturated carbocycles. The number of esters is 2. The van der Waals surface area contributed by atoms with Gasteiger partial charge in [-0.25, -0.2) is 15.3 Å². The maximum atomic E-state index is 13.4. The Morgan fingerprint density at radius 1 is 0.672 bits per heavy atom. The molecule has 10 unspecified atom stereocenters. The van der Waals surface area contributed by atoms with Crippen molar-refractivity contribution < 1.29 is 91.3 Å². The van der Waals surface area contributed by atoms with Crippen LogP contribution in [0.3, 0.4) is 0 Å². The lowest BCUT2D eigenvalue weighted by Crippen LogP contribution is -2.65. The lowest BCUT2D eigenvalue weighted by atomic mass is 9.97. The number of hydrogen-bond donors (Lipinski definition) is 6. The van der Waals surface area contributed by atoms with Crippen LogP contribution < -0.4 is 0 Å². The summed E-state index contributed by atoms with van der Waals surface area (Å²) in [5, 5.41) is 66.7. The molecule has 0 spiro atoms. The summed E-state index contributed by atoms with van der Waals surface area (Å²) in [6, 6.07) is 0. The molecule has 2 fully saturated rings. The summed E-state index contributed by atoms with van der Waals surface area (Å²) in [6.07, 6.45) is 1.64. The first-order chi connectivity index (χ1) is 28.1. The second-order valence-corrected chi connectivity index (χ2v) is 15.5. The van der Waals surface area contributed by atoms with Gasteiger partial charge in [-0.3, -0.25) is 13.2 Å². The van der Waals surface area contributed by atoms with E-state index in [1.807, 2.05) is 13.8 Å². The Morgan fingerprint density at radius 3 is 1.66 bits per heavy atom. The molecule has 0 bridgehead atoms. The number of unbranched alkanes of at least 4 members (excludes halogenated alkanes) is 12. The van der Waals surface area contributed by atoms with Crippen molar-refractivity contribution in [2.24, 2.45) is 5.92 Å². The predicted octanol–water partition coefficient (Wildman–Crippen LogP) is 5.59. The van der Waals surface area contributed by atoms with Crippen molar-refractivity contribution in [3.63, 3.8) is 0 Å². The molecule has 11 atom stereocenters. The molecule has 0 aromatic rings. The molecule has 21 heteroatoms. The third kappa shape index (κ3) is 19.2. The normalized spacial score (nSPS) is 28.3. The number of rotatable bonds is 32. The third-order valence-electron chi connectivity index (χ3n) is 9.88. The zero-order valence-corrected chi connectivity index (χ0v) is 35.6. The monoisotopic (exact) mass is 878 g/mol. The summed E-state index contributed by atoms with van der Waals surface area (Å²) >= 11 is 0.0918. The van der Waals surface area contributed by atoms with Gasteiger partial charge in [-0.05, 0) is 25.7 Å². The van der Waals surface area contributed by atoms with Gasteiger partial charge in [0.15, 0.2) is 49.2 Å². The van der Waals surface area contributed by atoms with Gasteiger partial charge in [0.1, 0.15) is 30.5 Å². The van der Waals surface area contributed by atoms with Gasteiger partial charge >= 0.3 is 11.9 Å². The average Bonchev–Trinajstić information content (AvgIpc) is 3.20. The van der Waals surface area contributed by atoms with Crippen LogP contribution in [-0.4, -0.2) is 118 Å². The Kier molecular flexibility index (Phi) is 28.8. The van der Waals surface area contributed by atoms with E-state index in [0.29, 0.717) is 6.42 Å². The Hall–Kier alpha value is -1.22. The molecule has 6 N–H and O–H groups in total. The highest BCUT2D eigenvalue weighted by Crippen LogP contribution is 2.36. The van der Waals surface area contributed by atoms with Crippen molar-refractivity contribution in [1.82, 2.24) is 0 Å². The Bertz CT molecular complexity index is 1120. The number of allylic oxidation sites excluding steroid dienone is 1. The minimum atomic E-state index is -1.76. The molecule has 2 aliphatic rings. The van der Waals surface area contributed by atoms with E-state index in [1.54, 1.807) is 13.0 Å². The van der Waals surface area contributed by atoms with E-state index < -0.39 is 86.6 Å². The van der Waals surface area contributed by atoms with Crippen LogP contribution in [0.15, 0.2) is 11.6 Å². The number of carbonyl (C=O) groups is 2. The summed E-state index contributed by atoms with van der Waals surface area (Å²) in [7, 11) is 0. The Morgan fingerprint density at radius 2 is 1.16 bits per heavy atom. The van der Waals surface area contributed by atoms with Crippen LogP contribution in [-0.2, 0) is 60.4 Å². The van der Waals surface area contributed by atoms with E-state index >= 15 is 0 Å². The number of aliphatic hydroxyl groups excluding tert-OH is 4. The lowest BCUT2D eigenvalue weighted by molar-refractivity contribution is -0.436. The summed E-state index contributed by atoms with van der Waals surface area (Å²) in [5.74, 6) is -1.51. The zero-order chi connectivity index (χ0) is 42.7. The Balaban J connectivity index is 2.27. The minimum Gasteiger partial charge on any atom is -0.453 e. The average molecular weight is 879 g/mol. The first-order valence-corrected chi connectivity index (χ1v) is 21.6. The van der Waals surface area contributed by atoms with Gasteiger partial charge in [0, 0.05) is 12.0 Å². The molecule has 2 rings (SSSR count). The molecule has 0 amide bonds. The van der Waals surface area contributed by atoms with Crippen molar-refractivity contribution >= 4 is 36.6 Å². The highest BCUT2D eigenvalue weighted by Gasteiger charge is 2.55. The van der Waals surface area contributed by atoms with Crippen LogP contribution in [0.5, 0.6) is 0 Å². The second-order valence-electron chi connectivity index (χ2n) is 14.5. The molecule has 19 nitrogen and oxygen atoms in total. The first kappa shape index (κ1) is 52.9. The molecule has 2 saturated heterocycles. The fraction of sp³-hybridized carbons (Fsp3) is 0.892. The van der Waals surface area contributed by atoms with E-state index in [2.05, 4.69) is 25.7 Å². The quantitative estimate of drug-likeness (QED) is 0.0120. The summed E-state index contributed by atoms with van der Waals surface area (Å²) in [4.78, 5) is 26.8. The van der Waals surface area contributed by atoms with Crippen LogP contribution in [0.25, 0.3) is 0 Å². The molecule has 58 heavy (non-hydrogen) atoms. The fourth-order valence-electron chi connectivity index (χ4n) is 6.80. The van der Waals surface area contributed by atoms with Gasteiger partial charge in [0.05, 0.1) is 13.2 Å². The minimum absolute atomic E-state index is 0.0196. The summed E-state index contributed by atoms with van der Waals surface area (Å²) < 4.78 is 48.7. The van der Waals surface area contributed by atoms with Gasteiger partial charge in [-0.1, -0.05) is 120 Å². The topological polar surface area (TPSA) is 257 Å². The molecular weight excluding hydrogens is 813 g/mol. The number of ether oxygens (including phenoxy) is 5. The molecule has 0 radical (unpaired) electrons. The van der Waals surface area contributed by atoms with E-state index in [9.17, 15) is 30.0 Å². The third-order valence-corrected chi connectivity index (χ3v) is 10.7. The van der Waals surface area contributed by atoms with E-state index in [0.717, 1.165) is 38.5 Å². The SMILES string of the molecule is CCCCCCCCCCCCCCCC(=O)OC1C(OC2OC(CO)C(O)C(OSOOO)C2OSOOO)OC(CO)C(O)C1OC(=O)/C(C)=C/[C@@H](C)CCC. The van der Waals surface area contributed by atoms with Crippen LogP contribution in [0.4, 0.5) is 0 Å². The fourth-order valence-corrected chi connectivity index (χ4v) is 7.52. The molecule has 340 valence electrons. The van der Waals surface area contributed by atoms with Gasteiger partial charge < -0.3 is 44.1 Å². The van der Waals surface area contributed by atoms with Crippen molar-refractivity contribution in [1.29, 1.82) is 0 Å². The van der Waals surface area contributed by atoms with Crippen molar-refractivity contribution in [2.45, 2.75) is 192 Å². The van der Waals surface area contributed by atoms with E-state index in [1.165, 1.54) is 51.4 Å². The molecule has 0 aromatic carbocycles. The van der Waals surface area contributed by atoms with Gasteiger partial charge in [0.2, 0.25) is 6.29 Å². The van der Waals surface area contributed by atoms with Crippen molar-refractivity contribution in [2.75, 3.05) is 13.2 Å². The predicted molar refractivity (Wildman–Crippen MR) is 207 cm³/mol. The standard InChI is InChI=1S/C37H66O19S2/c1-5-7-8-9-10-11-12-13-14-15-16-17-18-20-28(40)48-33-31(49-35(43)25(4)21-24(3)19-6-2)29(41)26(22-38)46-36(33)50-37-34(52-58-56-54-45)32(51-57-55-53-44)30(42)27(23-39)47-37/h21,24,26-27,29-34,36-39,41-42,44-45H,5-20,22-23H2,1-4H3/b25-21+/t24-,26?,27?,29?,30?,31?,32?,33?,34?,36?,37?/m0/s1. The largest absolute Gasteiger partial charge is 0.453 e. The van der Waals surface area contributed by atoms with Gasteiger partial charge in [0.25, 0.3) is 0 Å². The lowest BCUT2D eigenvalue weighted by Gasteiger charge is -2.46. The van der Waals surface area contributed by atoms with Gasteiger partial charge in [-0.2, -0.15) is 0 Å². The van der Waals surface area contributed by atoms with E-state index in [-0.39, 0.29) is 42.6 Å². The number of aliphatic hydroxyl groups is 4. The van der Waals surface area contributed by atoms with Crippen LogP contribution in [0.2, 0.25) is 0 Å². The first-order valence-electron chi connectivity index (χ1n) is 20.3. The summed E-state index contributed by atoms with van der Waals surface area (Å²) in [5.41, 5.74) is 0.230. The molecule has 0 aliphatic carbocycles. The van der Waals surface area contributed by atoms with Crippen LogP contribution in [0.1, 0.15) is 130 Å². The van der Waals surface area contributed by atoms with Crippen molar-refractivity contribution in [3.05, 3.63) is 11.6 Å².